The summed E-state index contributed by atoms with van der Waals surface area (Å²) in [7, 11) is 0. The number of anilines is 9. The van der Waals surface area contributed by atoms with Gasteiger partial charge in [0.05, 0.1) is 26.2 Å². The zero-order valence-electron chi connectivity index (χ0n) is 57.7. The van der Waals surface area contributed by atoms with Crippen LogP contribution in [-0.2, 0) is 16.2 Å². The van der Waals surface area contributed by atoms with Crippen LogP contribution in [0, 0.1) is 5.82 Å². The maximum Gasteiger partial charge on any atom is 0.254 e. The molecule has 0 atom stereocenters. The van der Waals surface area contributed by atoms with Crippen molar-refractivity contribution in [2.45, 2.75) is 64.7 Å². The van der Waals surface area contributed by atoms with Crippen molar-refractivity contribution in [3.8, 4) is 22.3 Å². The zero-order chi connectivity index (χ0) is 64.6. The van der Waals surface area contributed by atoms with E-state index in [1.807, 2.05) is 77.7 Å². The molecule has 1 aromatic heterocycles. The Balaban J connectivity index is 1.20. The molecule has 15 rings (SSSR count). The minimum Gasteiger partial charge on any atom is -0.311 e. The molecule has 2 aliphatic heterocycles. The Bertz CT molecular complexity index is 5110. The smallest absolute Gasteiger partial charge is 0.254 e. The first-order valence-electron chi connectivity index (χ1n) is 33.0. The fraction of sp³-hybridized carbons (Fsp3) is 0.143. The maximum absolute atomic E-state index is 15.6. The predicted octanol–water partition coefficient (Wildman–Crippen LogP) is 17.7. The summed E-state index contributed by atoms with van der Waals surface area (Å²) < 4.78 is 167. The van der Waals surface area contributed by atoms with Crippen LogP contribution < -0.4 is 31.1 Å². The zero-order valence-corrected chi connectivity index (χ0v) is 43.5. The number of hydrogen-bond donors (Lipinski definition) is 0. The van der Waals surface area contributed by atoms with Crippen molar-refractivity contribution in [3.05, 3.63) is 240 Å². The van der Waals surface area contributed by atoms with E-state index in [2.05, 4.69) is 39.0 Å². The van der Waals surface area contributed by atoms with Gasteiger partial charge in [-0.3, -0.25) is 0 Å². The van der Waals surface area contributed by atoms with Crippen molar-refractivity contribution < 1.29 is 25.0 Å². The number of thiophene rings is 1. The van der Waals surface area contributed by atoms with E-state index < -0.39 is 77.7 Å². The van der Waals surface area contributed by atoms with Crippen molar-refractivity contribution in [1.82, 2.24) is 0 Å². The topological polar surface area (TPSA) is 9.72 Å². The normalized spacial score (nSPS) is 17.7. The van der Waals surface area contributed by atoms with E-state index in [4.69, 9.17) is 5.48 Å². The molecular weight excluding hydrogens is 945 g/mol. The molecular formula is C70H55BFN3S. The molecule has 6 heteroatoms. The van der Waals surface area contributed by atoms with Gasteiger partial charge in [-0.05, 0) is 174 Å². The van der Waals surface area contributed by atoms with Gasteiger partial charge in [0, 0.05) is 71.1 Å². The molecule has 2 aliphatic carbocycles. The molecule has 11 aromatic rings. The third-order valence-electron chi connectivity index (χ3n) is 16.0. The van der Waals surface area contributed by atoms with Crippen LogP contribution in [0.5, 0.6) is 0 Å². The van der Waals surface area contributed by atoms with E-state index in [-0.39, 0.29) is 126 Å². The second kappa shape index (κ2) is 15.9. The molecule has 0 fully saturated rings. The molecule has 3 heterocycles. The minimum absolute atomic E-state index is 0.00318. The second-order valence-corrected chi connectivity index (χ2v) is 23.3. The highest BCUT2D eigenvalue weighted by molar-refractivity contribution is 7.28. The van der Waals surface area contributed by atoms with E-state index in [0.29, 0.717) is 28.2 Å². The first kappa shape index (κ1) is 32.3. The lowest BCUT2D eigenvalue weighted by Gasteiger charge is -2.45. The molecule has 0 amide bonds. The number of nitrogens with zero attached hydrogens (tertiary/aromatic N) is 3. The first-order valence-corrected chi connectivity index (χ1v) is 26.3. The lowest BCUT2D eigenvalue weighted by molar-refractivity contribution is 0.591. The Morgan fingerprint density at radius 2 is 1.11 bits per heavy atom. The molecule has 0 spiro atoms. The van der Waals surface area contributed by atoms with Gasteiger partial charge in [-0.25, -0.2) is 4.39 Å². The highest BCUT2D eigenvalue weighted by atomic mass is 32.1. The molecule has 0 bridgehead atoms. The third-order valence-corrected chi connectivity index (χ3v) is 17.2. The minimum atomic E-state index is -1.45. The van der Waals surface area contributed by atoms with Crippen molar-refractivity contribution >= 4 is 106 Å². The average Bonchev–Trinajstić information content (AvgIpc) is 1.66. The molecule has 0 N–H and O–H groups in total. The van der Waals surface area contributed by atoms with Crippen LogP contribution in [-0.4, -0.2) is 6.71 Å². The summed E-state index contributed by atoms with van der Waals surface area (Å²) in [4.78, 5) is 5.08. The standard InChI is InChI=1S/C70H55BFN3S/c1-68(2,3)42-26-35-64-54(36-42)52-33-34-60-66(67(52)76-64)71-59-40-53-50-23-15-17-25-56(50)70(6,7)58(53)41-61(59)75(47-31-32-51-49-22-14-16-24-55(49)69(4,5)57(51)37-47)63-39-48(38-62(65(63)71)74(60)46-29-27-43(72)28-30-46)73(44-18-10-8-11-19-44)45-20-12-9-13-21-45/h8-41H,1-7H3/i14D,15D,16D,17D,22D,23D,24D,25D,31D,32D,37D,38D,39D,40D,41D. The lowest BCUT2D eigenvalue weighted by atomic mass is 9.33. The van der Waals surface area contributed by atoms with Gasteiger partial charge in [0.25, 0.3) is 6.71 Å². The van der Waals surface area contributed by atoms with E-state index in [1.165, 1.54) is 28.4 Å². The van der Waals surface area contributed by atoms with Crippen LogP contribution in [0.3, 0.4) is 0 Å². The summed E-state index contributed by atoms with van der Waals surface area (Å²) in [6.45, 7) is 12.1. The summed E-state index contributed by atoms with van der Waals surface area (Å²) in [6, 6.07) is 28.2. The monoisotopic (exact) mass is 1010 g/mol. The Kier molecular flexibility index (Phi) is 6.77. The Labute approximate surface area is 470 Å². The molecule has 0 saturated heterocycles. The average molecular weight is 1020 g/mol. The molecule has 0 saturated carbocycles. The molecule has 0 radical (unpaired) electrons. The highest BCUT2D eigenvalue weighted by Crippen LogP contribution is 2.56. The van der Waals surface area contributed by atoms with Crippen LogP contribution in [0.2, 0.25) is 0 Å². The molecule has 4 aliphatic rings. The van der Waals surface area contributed by atoms with Crippen LogP contribution in [0.25, 0.3) is 42.4 Å². The molecule has 366 valence electrons. The Hall–Kier alpha value is -8.19. The van der Waals surface area contributed by atoms with Crippen LogP contribution >= 0.6 is 11.3 Å². The Morgan fingerprint density at radius 3 is 1.75 bits per heavy atom. The van der Waals surface area contributed by atoms with E-state index in [9.17, 15) is 15.1 Å². The van der Waals surface area contributed by atoms with Gasteiger partial charge in [-0.1, -0.05) is 157 Å². The van der Waals surface area contributed by atoms with Crippen molar-refractivity contribution in [3.63, 3.8) is 0 Å². The molecule has 0 unspecified atom stereocenters. The largest absolute Gasteiger partial charge is 0.311 e. The van der Waals surface area contributed by atoms with Crippen LogP contribution in [0.15, 0.2) is 206 Å². The number of hydrogen-bond acceptors (Lipinski definition) is 4. The highest BCUT2D eigenvalue weighted by Gasteiger charge is 2.48. The first-order chi connectivity index (χ1) is 43.0. The summed E-state index contributed by atoms with van der Waals surface area (Å²) in [5.74, 6) is -0.535. The number of para-hydroxylation sites is 2. The van der Waals surface area contributed by atoms with Crippen LogP contribution in [0.4, 0.5) is 55.6 Å². The Morgan fingerprint density at radius 1 is 0.513 bits per heavy atom. The maximum atomic E-state index is 15.6. The third kappa shape index (κ3) is 6.34. The lowest BCUT2D eigenvalue weighted by Crippen LogP contribution is -2.61. The number of rotatable bonds is 5. The van der Waals surface area contributed by atoms with Crippen molar-refractivity contribution in [1.29, 1.82) is 0 Å². The molecule has 10 aromatic carbocycles. The summed E-state index contributed by atoms with van der Waals surface area (Å²) in [6.07, 6.45) is 0. The van der Waals surface area contributed by atoms with Gasteiger partial charge in [0.15, 0.2) is 0 Å². The van der Waals surface area contributed by atoms with E-state index in [0.717, 1.165) is 25.7 Å². The van der Waals surface area contributed by atoms with Gasteiger partial charge < -0.3 is 14.7 Å². The SMILES string of the molecule is [2H]c1c([2H])c([2H])c2c(c1[2H])-c1c([2H])c([2H])c(N3c4c([2H])c5c(c([2H])c4B4c6c(c([2H])c(N(c7ccccc7)c7ccccc7)c([2H])c63)N(c3ccc(F)cc3)c3ccc6c(sc7ccc(C(C)(C)C)cc76)c34)-c3c([2H])c([2H])c([2H])c([2H])c3C5(C)C)c([2H])c1C2(C)C. The fourth-order valence-corrected chi connectivity index (χ4v) is 13.5. The molecule has 3 nitrogen and oxygen atoms in total. The van der Waals surface area contributed by atoms with Gasteiger partial charge >= 0.3 is 0 Å². The quantitative estimate of drug-likeness (QED) is 0.159. The van der Waals surface area contributed by atoms with E-state index >= 15 is 4.39 Å². The van der Waals surface area contributed by atoms with Gasteiger partial charge in [0.2, 0.25) is 0 Å². The van der Waals surface area contributed by atoms with Gasteiger partial charge in [-0.15, -0.1) is 11.3 Å². The van der Waals surface area contributed by atoms with Gasteiger partial charge in [-0.2, -0.15) is 0 Å². The fourth-order valence-electron chi connectivity index (χ4n) is 12.2. The van der Waals surface area contributed by atoms with E-state index in [1.54, 1.807) is 44.7 Å². The number of benzene rings is 10. The summed E-state index contributed by atoms with van der Waals surface area (Å²) >= 11 is 1.50. The van der Waals surface area contributed by atoms with Crippen molar-refractivity contribution in [2.75, 3.05) is 14.7 Å². The number of halogens is 1. The number of fused-ring (bicyclic) bond motifs is 14. The van der Waals surface area contributed by atoms with Crippen molar-refractivity contribution in [2.24, 2.45) is 0 Å². The summed E-state index contributed by atoms with van der Waals surface area (Å²) in [5, 5.41) is 1.77. The van der Waals surface area contributed by atoms with Crippen LogP contribution in [0.1, 0.15) is 96.8 Å². The van der Waals surface area contributed by atoms with Gasteiger partial charge in [0.1, 0.15) is 5.82 Å². The predicted molar refractivity (Wildman–Crippen MR) is 322 cm³/mol. The summed E-state index contributed by atoms with van der Waals surface area (Å²) in [5.41, 5.74) is 1.05. The molecule has 76 heavy (non-hydrogen) atoms. The second-order valence-electron chi connectivity index (χ2n) is 22.2.